The maximum absolute atomic E-state index is 12.6. The van der Waals surface area contributed by atoms with Gasteiger partial charge in [0.05, 0.1) is 24.8 Å². The highest BCUT2D eigenvalue weighted by Gasteiger charge is 2.30. The zero-order valence-electron chi connectivity index (χ0n) is 13.2. The summed E-state index contributed by atoms with van der Waals surface area (Å²) in [7, 11) is 1.24. The van der Waals surface area contributed by atoms with Crippen molar-refractivity contribution < 1.29 is 27.5 Å². The molecule has 0 aliphatic heterocycles. The van der Waals surface area contributed by atoms with Crippen molar-refractivity contribution in [1.29, 1.82) is 0 Å². The molecule has 2 N–H and O–H groups in total. The summed E-state index contributed by atoms with van der Waals surface area (Å²) < 4.78 is 42.5. The lowest BCUT2D eigenvalue weighted by Crippen LogP contribution is -2.22. The van der Waals surface area contributed by atoms with Crippen LogP contribution < -0.4 is 10.6 Å². The third-order valence-corrected chi connectivity index (χ3v) is 3.21. The molecule has 0 aliphatic carbocycles. The lowest BCUT2D eigenvalue weighted by molar-refractivity contribution is -0.137. The number of methoxy groups -OCH3 is 1. The third-order valence-electron chi connectivity index (χ3n) is 3.21. The number of hydrogen-bond donors (Lipinski definition) is 2. The molecule has 2 rings (SSSR count). The highest BCUT2D eigenvalue weighted by molar-refractivity contribution is 5.96. The first kappa shape index (κ1) is 18.3. The maximum atomic E-state index is 12.6. The van der Waals surface area contributed by atoms with Gasteiger partial charge >= 0.3 is 12.1 Å². The van der Waals surface area contributed by atoms with Crippen LogP contribution in [0.4, 0.5) is 24.5 Å². The summed E-state index contributed by atoms with van der Waals surface area (Å²) in [6, 6.07) is 10.7. The molecule has 2 aromatic rings. The zero-order chi connectivity index (χ0) is 18.4. The average molecular weight is 352 g/mol. The summed E-state index contributed by atoms with van der Waals surface area (Å²) in [6.45, 7) is -0.232. The van der Waals surface area contributed by atoms with Crippen molar-refractivity contribution in [2.45, 2.75) is 6.18 Å². The van der Waals surface area contributed by atoms with Crippen molar-refractivity contribution in [2.24, 2.45) is 0 Å². The van der Waals surface area contributed by atoms with Crippen LogP contribution in [0.1, 0.15) is 15.9 Å². The number of alkyl halides is 3. The van der Waals surface area contributed by atoms with Gasteiger partial charge in [-0.2, -0.15) is 13.2 Å². The fourth-order valence-corrected chi connectivity index (χ4v) is 2.03. The zero-order valence-corrected chi connectivity index (χ0v) is 13.2. The second-order valence-electron chi connectivity index (χ2n) is 5.05. The standard InChI is InChI=1S/C17H15F3N2O3/c1-25-16(24)11-4-2-7-14(8-11)22-15(23)10-21-13-6-3-5-12(9-13)17(18,19)20/h2-9,21H,10H2,1H3,(H,22,23). The number of halogens is 3. The summed E-state index contributed by atoms with van der Waals surface area (Å²) in [5, 5.41) is 5.17. The molecule has 0 radical (unpaired) electrons. The lowest BCUT2D eigenvalue weighted by Gasteiger charge is -2.11. The van der Waals surface area contributed by atoms with Gasteiger partial charge in [0.15, 0.2) is 0 Å². The minimum atomic E-state index is -4.45. The van der Waals surface area contributed by atoms with Crippen LogP contribution in [-0.2, 0) is 15.7 Å². The van der Waals surface area contributed by atoms with E-state index >= 15 is 0 Å². The number of nitrogens with one attached hydrogen (secondary N) is 2. The topological polar surface area (TPSA) is 67.4 Å². The Morgan fingerprint density at radius 1 is 1.04 bits per heavy atom. The fourth-order valence-electron chi connectivity index (χ4n) is 2.03. The monoisotopic (exact) mass is 352 g/mol. The number of rotatable bonds is 5. The molecule has 8 heteroatoms. The van der Waals surface area contributed by atoms with Crippen molar-refractivity contribution in [3.63, 3.8) is 0 Å². The van der Waals surface area contributed by atoms with Crippen LogP contribution >= 0.6 is 0 Å². The number of esters is 1. The number of hydrogen-bond acceptors (Lipinski definition) is 4. The molecule has 0 bridgehead atoms. The fraction of sp³-hybridized carbons (Fsp3) is 0.176. The first-order valence-corrected chi connectivity index (χ1v) is 7.19. The Morgan fingerprint density at radius 2 is 1.72 bits per heavy atom. The van der Waals surface area contributed by atoms with Gasteiger partial charge in [0, 0.05) is 11.4 Å². The van der Waals surface area contributed by atoms with E-state index in [4.69, 9.17) is 0 Å². The SMILES string of the molecule is COC(=O)c1cccc(NC(=O)CNc2cccc(C(F)(F)F)c2)c1. The Hall–Kier alpha value is -3.03. The van der Waals surface area contributed by atoms with Crippen LogP contribution in [0.15, 0.2) is 48.5 Å². The molecule has 0 heterocycles. The van der Waals surface area contributed by atoms with E-state index in [1.165, 1.54) is 31.4 Å². The van der Waals surface area contributed by atoms with Crippen molar-refractivity contribution >= 4 is 23.3 Å². The predicted octanol–water partition coefficient (Wildman–Crippen LogP) is 3.54. The number of amides is 1. The van der Waals surface area contributed by atoms with E-state index in [-0.39, 0.29) is 17.8 Å². The lowest BCUT2D eigenvalue weighted by atomic mass is 10.2. The summed E-state index contributed by atoms with van der Waals surface area (Å²) in [4.78, 5) is 23.3. The Morgan fingerprint density at radius 3 is 2.40 bits per heavy atom. The normalized spacial score (nSPS) is 10.9. The predicted molar refractivity (Wildman–Crippen MR) is 86.3 cm³/mol. The summed E-state index contributed by atoms with van der Waals surface area (Å²) in [6.07, 6.45) is -4.45. The minimum absolute atomic E-state index is 0.174. The van der Waals surface area contributed by atoms with Gasteiger partial charge in [-0.15, -0.1) is 0 Å². The summed E-state index contributed by atoms with van der Waals surface area (Å²) in [5.74, 6) is -1.02. The molecule has 5 nitrogen and oxygen atoms in total. The van der Waals surface area contributed by atoms with Crippen molar-refractivity contribution in [2.75, 3.05) is 24.3 Å². The van der Waals surface area contributed by atoms with E-state index in [1.54, 1.807) is 12.1 Å². The molecule has 0 saturated carbocycles. The maximum Gasteiger partial charge on any atom is 0.416 e. The van der Waals surface area contributed by atoms with E-state index < -0.39 is 23.6 Å². The number of carbonyl (C=O) groups excluding carboxylic acids is 2. The van der Waals surface area contributed by atoms with E-state index in [0.717, 1.165) is 12.1 Å². The van der Waals surface area contributed by atoms with Gasteiger partial charge in [0.2, 0.25) is 5.91 Å². The van der Waals surface area contributed by atoms with Crippen molar-refractivity contribution in [3.8, 4) is 0 Å². The largest absolute Gasteiger partial charge is 0.465 e. The van der Waals surface area contributed by atoms with Crippen LogP contribution in [0.2, 0.25) is 0 Å². The molecule has 2 aromatic carbocycles. The van der Waals surface area contributed by atoms with Crippen LogP contribution in [0.3, 0.4) is 0 Å². The average Bonchev–Trinajstić information content (AvgIpc) is 2.59. The van der Waals surface area contributed by atoms with Gasteiger partial charge in [0.1, 0.15) is 0 Å². The quantitative estimate of drug-likeness (QED) is 0.808. The van der Waals surface area contributed by atoms with Gasteiger partial charge in [-0.3, -0.25) is 4.79 Å². The van der Waals surface area contributed by atoms with Crippen molar-refractivity contribution in [3.05, 3.63) is 59.7 Å². The first-order valence-electron chi connectivity index (χ1n) is 7.19. The molecule has 132 valence electrons. The van der Waals surface area contributed by atoms with E-state index in [1.807, 2.05) is 0 Å². The number of anilines is 2. The third kappa shape index (κ3) is 5.23. The molecule has 0 aromatic heterocycles. The number of carbonyl (C=O) groups is 2. The Balaban J connectivity index is 1.96. The second kappa shape index (κ2) is 7.69. The molecule has 25 heavy (non-hydrogen) atoms. The van der Waals surface area contributed by atoms with Gasteiger partial charge in [-0.1, -0.05) is 12.1 Å². The second-order valence-corrected chi connectivity index (χ2v) is 5.05. The Labute approximate surface area is 141 Å². The summed E-state index contributed by atoms with van der Waals surface area (Å²) in [5.41, 5.74) is 0.0156. The molecule has 0 saturated heterocycles. The van der Waals surface area contributed by atoms with Crippen LogP contribution in [0.5, 0.6) is 0 Å². The highest BCUT2D eigenvalue weighted by Crippen LogP contribution is 2.30. The van der Waals surface area contributed by atoms with Crippen LogP contribution in [0.25, 0.3) is 0 Å². The van der Waals surface area contributed by atoms with Gasteiger partial charge in [-0.25, -0.2) is 4.79 Å². The number of ether oxygens (including phenoxy) is 1. The van der Waals surface area contributed by atoms with E-state index in [2.05, 4.69) is 15.4 Å². The molecule has 0 unspecified atom stereocenters. The number of benzene rings is 2. The molecule has 0 fully saturated rings. The molecule has 1 amide bonds. The smallest absolute Gasteiger partial charge is 0.416 e. The highest BCUT2D eigenvalue weighted by atomic mass is 19.4. The van der Waals surface area contributed by atoms with Gasteiger partial charge in [0.25, 0.3) is 0 Å². The molecule has 0 atom stereocenters. The van der Waals surface area contributed by atoms with Gasteiger partial charge < -0.3 is 15.4 Å². The first-order chi connectivity index (χ1) is 11.8. The van der Waals surface area contributed by atoms with E-state index in [9.17, 15) is 22.8 Å². The molecular weight excluding hydrogens is 337 g/mol. The molecule has 0 spiro atoms. The molecular formula is C17H15F3N2O3. The van der Waals surface area contributed by atoms with Gasteiger partial charge in [-0.05, 0) is 36.4 Å². The Kier molecular flexibility index (Phi) is 5.63. The summed E-state index contributed by atoms with van der Waals surface area (Å²) >= 11 is 0. The van der Waals surface area contributed by atoms with Crippen molar-refractivity contribution in [1.82, 2.24) is 0 Å². The van der Waals surface area contributed by atoms with Crippen LogP contribution in [-0.4, -0.2) is 25.5 Å². The molecule has 0 aliphatic rings. The van der Waals surface area contributed by atoms with Crippen LogP contribution in [0, 0.1) is 0 Å². The minimum Gasteiger partial charge on any atom is -0.465 e. The Bertz CT molecular complexity index is 776. The van der Waals surface area contributed by atoms with E-state index in [0.29, 0.717) is 5.69 Å².